The highest BCUT2D eigenvalue weighted by Gasteiger charge is 2.01. The van der Waals surface area contributed by atoms with E-state index in [2.05, 4.69) is 25.9 Å². The number of ether oxygens (including phenoxy) is 1. The largest absolute Gasteiger partial charge is 0.486 e. The van der Waals surface area contributed by atoms with Crippen molar-refractivity contribution in [2.24, 2.45) is 5.73 Å². The smallest absolute Gasteiger partial charge is 0.251 e. The second-order valence-electron chi connectivity index (χ2n) is 3.63. The van der Waals surface area contributed by atoms with Gasteiger partial charge in [-0.2, -0.15) is 0 Å². The van der Waals surface area contributed by atoms with Crippen LogP contribution in [0.1, 0.15) is 11.5 Å². The highest BCUT2D eigenvalue weighted by Crippen LogP contribution is 2.16. The molecule has 5 nitrogen and oxygen atoms in total. The summed E-state index contributed by atoms with van der Waals surface area (Å²) in [6.45, 7) is 0.430. The molecule has 0 aliphatic rings. The van der Waals surface area contributed by atoms with Crippen molar-refractivity contribution in [1.82, 2.24) is 9.97 Å². The number of benzene rings is 1. The Hall–Kier alpha value is -1.66. The Kier molecular flexibility index (Phi) is 4.11. The lowest BCUT2D eigenvalue weighted by atomic mass is 10.3. The summed E-state index contributed by atoms with van der Waals surface area (Å²) < 4.78 is 6.49. The predicted octanol–water partition coefficient (Wildman–Crippen LogP) is 1.57. The molecule has 2 aromatic rings. The first-order valence-electron chi connectivity index (χ1n) is 5.35. The molecule has 1 aromatic heterocycles. The summed E-state index contributed by atoms with van der Waals surface area (Å²) >= 11 is 3.34. The van der Waals surface area contributed by atoms with Crippen LogP contribution < -0.4 is 16.0 Å². The average Bonchev–Trinajstić information content (AvgIpc) is 2.37. The lowest BCUT2D eigenvalue weighted by Gasteiger charge is -2.06. The van der Waals surface area contributed by atoms with Gasteiger partial charge >= 0.3 is 0 Å². The Morgan fingerprint density at radius 1 is 1.33 bits per heavy atom. The molecule has 1 aromatic carbocycles. The fraction of sp³-hybridized carbons (Fsp3) is 0.167. The van der Waals surface area contributed by atoms with Crippen LogP contribution in [0.5, 0.6) is 5.75 Å². The summed E-state index contributed by atoms with van der Waals surface area (Å²) in [6, 6.07) is 8.79. The molecule has 0 atom stereocenters. The molecular formula is C12H12BrN3O2. The zero-order valence-corrected chi connectivity index (χ0v) is 11.1. The van der Waals surface area contributed by atoms with Gasteiger partial charge in [0.1, 0.15) is 18.2 Å². The zero-order valence-electron chi connectivity index (χ0n) is 9.52. The lowest BCUT2D eigenvalue weighted by Crippen LogP contribution is -2.16. The SMILES string of the molecule is NCc1cc(=O)[nH]c(COc2ccc(Br)cc2)n1. The maximum absolute atomic E-state index is 11.3. The van der Waals surface area contributed by atoms with Crippen LogP contribution in [0.3, 0.4) is 0 Å². The number of H-pyrrole nitrogens is 1. The third-order valence-corrected chi connectivity index (χ3v) is 2.77. The quantitative estimate of drug-likeness (QED) is 0.898. The van der Waals surface area contributed by atoms with Crippen molar-refractivity contribution < 1.29 is 4.74 Å². The minimum Gasteiger partial charge on any atom is -0.486 e. The molecule has 18 heavy (non-hydrogen) atoms. The van der Waals surface area contributed by atoms with E-state index in [9.17, 15) is 4.79 Å². The molecule has 2 rings (SSSR count). The summed E-state index contributed by atoms with van der Waals surface area (Å²) in [5.74, 6) is 1.17. The third kappa shape index (κ3) is 3.41. The van der Waals surface area contributed by atoms with E-state index in [1.165, 1.54) is 6.07 Å². The van der Waals surface area contributed by atoms with E-state index in [1.807, 2.05) is 24.3 Å². The number of nitrogens with one attached hydrogen (secondary N) is 1. The summed E-state index contributed by atoms with van der Waals surface area (Å²) in [4.78, 5) is 18.1. The Morgan fingerprint density at radius 2 is 2.06 bits per heavy atom. The van der Waals surface area contributed by atoms with Crippen molar-refractivity contribution in [2.75, 3.05) is 0 Å². The van der Waals surface area contributed by atoms with Gasteiger partial charge in [-0.25, -0.2) is 4.98 Å². The van der Waals surface area contributed by atoms with Gasteiger partial charge in [0.25, 0.3) is 5.56 Å². The second kappa shape index (κ2) is 5.79. The number of hydrogen-bond acceptors (Lipinski definition) is 4. The van der Waals surface area contributed by atoms with E-state index < -0.39 is 0 Å². The van der Waals surface area contributed by atoms with Crippen LogP contribution in [-0.2, 0) is 13.2 Å². The molecule has 0 saturated carbocycles. The molecule has 0 fully saturated rings. The Bertz CT molecular complexity index is 581. The number of aromatic nitrogens is 2. The predicted molar refractivity (Wildman–Crippen MR) is 71.2 cm³/mol. The van der Waals surface area contributed by atoms with E-state index in [-0.39, 0.29) is 18.7 Å². The van der Waals surface area contributed by atoms with Gasteiger partial charge in [-0.15, -0.1) is 0 Å². The molecule has 0 radical (unpaired) electrons. The molecule has 3 N–H and O–H groups in total. The van der Waals surface area contributed by atoms with Crippen molar-refractivity contribution in [3.05, 3.63) is 56.7 Å². The van der Waals surface area contributed by atoms with Crippen molar-refractivity contribution in [3.63, 3.8) is 0 Å². The third-order valence-electron chi connectivity index (χ3n) is 2.24. The topological polar surface area (TPSA) is 81.0 Å². The van der Waals surface area contributed by atoms with Gasteiger partial charge < -0.3 is 15.5 Å². The molecule has 6 heteroatoms. The fourth-order valence-corrected chi connectivity index (χ4v) is 1.68. The standard InChI is InChI=1S/C12H12BrN3O2/c13-8-1-3-10(4-2-8)18-7-11-15-9(6-14)5-12(17)16-11/h1-5H,6-7,14H2,(H,15,16,17). The molecule has 0 spiro atoms. The molecule has 0 bridgehead atoms. The summed E-state index contributed by atoms with van der Waals surface area (Å²) in [5, 5.41) is 0. The minimum atomic E-state index is -0.222. The molecule has 0 aliphatic carbocycles. The lowest BCUT2D eigenvalue weighted by molar-refractivity contribution is 0.295. The van der Waals surface area contributed by atoms with E-state index in [0.717, 1.165) is 4.47 Å². The second-order valence-corrected chi connectivity index (χ2v) is 4.55. The van der Waals surface area contributed by atoms with Gasteiger partial charge in [-0.05, 0) is 24.3 Å². The number of nitrogens with zero attached hydrogens (tertiary/aromatic N) is 1. The first kappa shape index (κ1) is 12.8. The number of aromatic amines is 1. The normalized spacial score (nSPS) is 10.3. The van der Waals surface area contributed by atoms with Gasteiger partial charge in [0.05, 0.1) is 5.69 Å². The van der Waals surface area contributed by atoms with Gasteiger partial charge in [0.2, 0.25) is 0 Å². The molecule has 1 heterocycles. The minimum absolute atomic E-state index is 0.199. The first-order valence-corrected chi connectivity index (χ1v) is 6.14. The van der Waals surface area contributed by atoms with E-state index >= 15 is 0 Å². The fourth-order valence-electron chi connectivity index (χ4n) is 1.42. The number of nitrogens with two attached hydrogens (primary N) is 1. The first-order chi connectivity index (χ1) is 8.67. The van der Waals surface area contributed by atoms with Crippen molar-refractivity contribution in [3.8, 4) is 5.75 Å². The highest BCUT2D eigenvalue weighted by molar-refractivity contribution is 9.10. The van der Waals surface area contributed by atoms with Crippen LogP contribution in [0.15, 0.2) is 39.6 Å². The van der Waals surface area contributed by atoms with Crippen LogP contribution in [0.2, 0.25) is 0 Å². The van der Waals surface area contributed by atoms with Gasteiger partial charge in [0, 0.05) is 17.1 Å². The summed E-state index contributed by atoms with van der Waals surface area (Å²) in [5.41, 5.74) is 5.78. The van der Waals surface area contributed by atoms with Gasteiger partial charge in [0.15, 0.2) is 0 Å². The molecule has 0 unspecified atom stereocenters. The number of hydrogen-bond donors (Lipinski definition) is 2. The van der Waals surface area contributed by atoms with Gasteiger partial charge in [-0.1, -0.05) is 15.9 Å². The van der Waals surface area contributed by atoms with Crippen LogP contribution in [0.4, 0.5) is 0 Å². The Morgan fingerprint density at radius 3 is 2.72 bits per heavy atom. The summed E-state index contributed by atoms with van der Waals surface area (Å²) in [6.07, 6.45) is 0. The maximum atomic E-state index is 11.3. The number of rotatable bonds is 4. The van der Waals surface area contributed by atoms with Crippen molar-refractivity contribution in [2.45, 2.75) is 13.2 Å². The van der Waals surface area contributed by atoms with E-state index in [1.54, 1.807) is 0 Å². The molecule has 0 saturated heterocycles. The highest BCUT2D eigenvalue weighted by atomic mass is 79.9. The Labute approximate surface area is 112 Å². The van der Waals surface area contributed by atoms with Crippen LogP contribution >= 0.6 is 15.9 Å². The van der Waals surface area contributed by atoms with Crippen LogP contribution in [0.25, 0.3) is 0 Å². The molecule has 94 valence electrons. The number of halogens is 1. The van der Waals surface area contributed by atoms with Gasteiger partial charge in [-0.3, -0.25) is 4.79 Å². The summed E-state index contributed by atoms with van der Waals surface area (Å²) in [7, 11) is 0. The monoisotopic (exact) mass is 309 g/mol. The maximum Gasteiger partial charge on any atom is 0.251 e. The molecule has 0 aliphatic heterocycles. The van der Waals surface area contributed by atoms with E-state index in [0.29, 0.717) is 17.3 Å². The van der Waals surface area contributed by atoms with Crippen LogP contribution in [0, 0.1) is 0 Å². The van der Waals surface area contributed by atoms with Crippen molar-refractivity contribution >= 4 is 15.9 Å². The average molecular weight is 310 g/mol. The molecule has 0 amide bonds. The molecular weight excluding hydrogens is 298 g/mol. The Balaban J connectivity index is 2.08. The van der Waals surface area contributed by atoms with E-state index in [4.69, 9.17) is 10.5 Å². The zero-order chi connectivity index (χ0) is 13.0. The van der Waals surface area contributed by atoms with Crippen LogP contribution in [-0.4, -0.2) is 9.97 Å². The van der Waals surface area contributed by atoms with Crippen molar-refractivity contribution in [1.29, 1.82) is 0 Å².